The van der Waals surface area contributed by atoms with Crippen LogP contribution in [0.2, 0.25) is 0 Å². The Morgan fingerprint density at radius 2 is 1.87 bits per heavy atom. The second-order valence-corrected chi connectivity index (χ2v) is 8.42. The maximum atomic E-state index is 13.3. The van der Waals surface area contributed by atoms with Gasteiger partial charge in [0.05, 0.1) is 18.0 Å². The first-order valence-electron chi connectivity index (χ1n) is 10.5. The van der Waals surface area contributed by atoms with Gasteiger partial charge in [-0.05, 0) is 55.6 Å². The lowest BCUT2D eigenvalue weighted by molar-refractivity contribution is -0.112. The van der Waals surface area contributed by atoms with Crippen molar-refractivity contribution in [2.75, 3.05) is 38.8 Å². The molecule has 2 aromatic carbocycles. The van der Waals surface area contributed by atoms with Crippen LogP contribution in [0.3, 0.4) is 0 Å². The van der Waals surface area contributed by atoms with E-state index >= 15 is 0 Å². The lowest BCUT2D eigenvalue weighted by Gasteiger charge is -2.33. The number of nitrogens with zero attached hydrogens (tertiary/aromatic N) is 4. The highest BCUT2D eigenvalue weighted by molar-refractivity contribution is 6.54. The van der Waals surface area contributed by atoms with Gasteiger partial charge in [0.2, 0.25) is 0 Å². The van der Waals surface area contributed by atoms with E-state index in [4.69, 9.17) is 0 Å². The van der Waals surface area contributed by atoms with Gasteiger partial charge in [-0.15, -0.1) is 0 Å². The maximum Gasteiger partial charge on any atom is 0.278 e. The molecule has 0 aromatic heterocycles. The van der Waals surface area contributed by atoms with Crippen LogP contribution in [0.4, 0.5) is 11.4 Å². The topological polar surface area (TPSA) is 56.2 Å². The van der Waals surface area contributed by atoms with Crippen LogP contribution in [0.1, 0.15) is 35.7 Å². The number of para-hydroxylation sites is 1. The van der Waals surface area contributed by atoms with Crippen LogP contribution in [-0.2, 0) is 4.79 Å². The predicted octanol–water partition coefficient (Wildman–Crippen LogP) is 3.55. The molecule has 4 rings (SSSR count). The summed E-state index contributed by atoms with van der Waals surface area (Å²) in [5.41, 5.74) is 3.50. The van der Waals surface area contributed by atoms with Gasteiger partial charge in [0.15, 0.2) is 0 Å². The number of hydrogen-bond donors (Lipinski definition) is 0. The molecule has 0 radical (unpaired) electrons. The molecule has 1 atom stereocenters. The highest BCUT2D eigenvalue weighted by Gasteiger charge is 2.35. The Bertz CT molecular complexity index is 981. The molecule has 0 spiro atoms. The fourth-order valence-corrected chi connectivity index (χ4v) is 4.19. The van der Waals surface area contributed by atoms with E-state index < -0.39 is 0 Å². The highest BCUT2D eigenvalue weighted by atomic mass is 16.2. The monoisotopic (exact) mass is 404 g/mol. The number of fused-ring (bicyclic) bond motifs is 1. The number of aliphatic imine (C=N–C) groups is 1. The number of likely N-dealkylation sites (tertiary alicyclic amines) is 1. The summed E-state index contributed by atoms with van der Waals surface area (Å²) >= 11 is 0. The molecule has 30 heavy (non-hydrogen) atoms. The molecule has 2 amide bonds. The molecule has 1 fully saturated rings. The Morgan fingerprint density at radius 1 is 1.13 bits per heavy atom. The summed E-state index contributed by atoms with van der Waals surface area (Å²) in [6.07, 6.45) is 2.42. The molecule has 2 heterocycles. The summed E-state index contributed by atoms with van der Waals surface area (Å²) in [4.78, 5) is 35.8. The standard InChI is InChI=1S/C24H28N4O2/c1-17-7-6-14-27(15-17)16-28-21-9-5-4-8-20(21)22(24(28)30)25-19-12-10-18(11-13-19)23(29)26(2)3/h4-5,8-13,17H,6-7,14-16H2,1-3H3. The zero-order valence-corrected chi connectivity index (χ0v) is 17.8. The van der Waals surface area contributed by atoms with E-state index in [2.05, 4.69) is 16.8 Å². The van der Waals surface area contributed by atoms with Crippen LogP contribution in [0.15, 0.2) is 53.5 Å². The largest absolute Gasteiger partial charge is 0.345 e. The van der Waals surface area contributed by atoms with Crippen LogP contribution in [-0.4, -0.2) is 61.2 Å². The third-order valence-electron chi connectivity index (χ3n) is 5.74. The van der Waals surface area contributed by atoms with Gasteiger partial charge in [-0.1, -0.05) is 25.1 Å². The number of rotatable bonds is 4. The van der Waals surface area contributed by atoms with E-state index in [0.717, 1.165) is 24.3 Å². The number of anilines is 1. The van der Waals surface area contributed by atoms with E-state index in [0.29, 0.717) is 29.5 Å². The molecule has 2 aromatic rings. The quantitative estimate of drug-likeness (QED) is 0.783. The first kappa shape index (κ1) is 20.3. The first-order valence-corrected chi connectivity index (χ1v) is 10.5. The van der Waals surface area contributed by atoms with E-state index in [9.17, 15) is 9.59 Å². The van der Waals surface area contributed by atoms with Crippen molar-refractivity contribution in [3.05, 3.63) is 59.7 Å². The average Bonchev–Trinajstić information content (AvgIpc) is 3.00. The molecule has 2 aliphatic heterocycles. The number of piperidine rings is 1. The van der Waals surface area contributed by atoms with Gasteiger partial charge >= 0.3 is 0 Å². The van der Waals surface area contributed by atoms with Crippen LogP contribution < -0.4 is 4.90 Å². The lowest BCUT2D eigenvalue weighted by Crippen LogP contribution is -2.45. The number of carbonyl (C=O) groups excluding carboxylic acids is 2. The smallest absolute Gasteiger partial charge is 0.278 e. The molecule has 156 valence electrons. The molecule has 0 saturated carbocycles. The van der Waals surface area contributed by atoms with Crippen LogP contribution in [0.5, 0.6) is 0 Å². The maximum absolute atomic E-state index is 13.3. The molecule has 1 saturated heterocycles. The minimum absolute atomic E-state index is 0.0570. The summed E-state index contributed by atoms with van der Waals surface area (Å²) < 4.78 is 0. The van der Waals surface area contributed by atoms with Crippen molar-refractivity contribution in [3.63, 3.8) is 0 Å². The number of carbonyl (C=O) groups is 2. The Hall–Kier alpha value is -2.99. The van der Waals surface area contributed by atoms with Gasteiger partial charge in [0, 0.05) is 31.8 Å². The van der Waals surface area contributed by atoms with E-state index in [1.807, 2.05) is 29.2 Å². The SMILES string of the molecule is CC1CCCN(CN2C(=O)C(=Nc3ccc(C(=O)N(C)C)cc3)c3ccccc32)C1. The zero-order chi connectivity index (χ0) is 21.3. The van der Waals surface area contributed by atoms with E-state index in [-0.39, 0.29) is 11.8 Å². The van der Waals surface area contributed by atoms with Crippen molar-refractivity contribution in [2.24, 2.45) is 10.9 Å². The summed E-state index contributed by atoms with van der Waals surface area (Å²) in [6.45, 7) is 4.89. The predicted molar refractivity (Wildman–Crippen MR) is 119 cm³/mol. The molecular weight excluding hydrogens is 376 g/mol. The zero-order valence-electron chi connectivity index (χ0n) is 17.8. The molecule has 2 aliphatic rings. The second kappa shape index (κ2) is 8.40. The average molecular weight is 405 g/mol. The second-order valence-electron chi connectivity index (χ2n) is 8.42. The summed E-state index contributed by atoms with van der Waals surface area (Å²) in [7, 11) is 3.45. The van der Waals surface area contributed by atoms with Crippen LogP contribution in [0.25, 0.3) is 0 Å². The van der Waals surface area contributed by atoms with Crippen molar-refractivity contribution >= 4 is 28.9 Å². The minimum Gasteiger partial charge on any atom is -0.345 e. The van der Waals surface area contributed by atoms with Crippen molar-refractivity contribution in [1.29, 1.82) is 0 Å². The Balaban J connectivity index is 1.61. The van der Waals surface area contributed by atoms with Gasteiger partial charge in [-0.25, -0.2) is 4.99 Å². The first-order chi connectivity index (χ1) is 14.4. The highest BCUT2D eigenvalue weighted by Crippen LogP contribution is 2.31. The fraction of sp³-hybridized carbons (Fsp3) is 0.375. The van der Waals surface area contributed by atoms with Gasteiger partial charge in [0.1, 0.15) is 5.71 Å². The molecule has 1 unspecified atom stereocenters. The summed E-state index contributed by atoms with van der Waals surface area (Å²) in [5, 5.41) is 0. The van der Waals surface area contributed by atoms with Gasteiger partial charge in [0.25, 0.3) is 11.8 Å². The molecule has 0 bridgehead atoms. The van der Waals surface area contributed by atoms with E-state index in [1.54, 1.807) is 38.4 Å². The van der Waals surface area contributed by atoms with Gasteiger partial charge in [-0.2, -0.15) is 0 Å². The van der Waals surface area contributed by atoms with Crippen molar-refractivity contribution in [3.8, 4) is 0 Å². The number of amides is 2. The molecular formula is C24H28N4O2. The van der Waals surface area contributed by atoms with Crippen LogP contribution >= 0.6 is 0 Å². The fourth-order valence-electron chi connectivity index (χ4n) is 4.19. The van der Waals surface area contributed by atoms with E-state index in [1.165, 1.54) is 17.7 Å². The third kappa shape index (κ3) is 4.00. The van der Waals surface area contributed by atoms with Crippen molar-refractivity contribution in [1.82, 2.24) is 9.80 Å². The Labute approximate surface area is 177 Å². The van der Waals surface area contributed by atoms with Crippen molar-refractivity contribution < 1.29 is 9.59 Å². The summed E-state index contributed by atoms with van der Waals surface area (Å²) in [6, 6.07) is 14.9. The molecule has 6 heteroatoms. The minimum atomic E-state index is -0.0668. The van der Waals surface area contributed by atoms with Crippen LogP contribution in [0, 0.1) is 5.92 Å². The molecule has 6 nitrogen and oxygen atoms in total. The van der Waals surface area contributed by atoms with Gasteiger partial charge < -0.3 is 4.90 Å². The molecule has 0 N–H and O–H groups in total. The number of benzene rings is 2. The molecule has 0 aliphatic carbocycles. The Morgan fingerprint density at radius 3 is 2.57 bits per heavy atom. The van der Waals surface area contributed by atoms with Gasteiger partial charge in [-0.3, -0.25) is 19.4 Å². The summed E-state index contributed by atoms with van der Waals surface area (Å²) in [5.74, 6) is 0.532. The lowest BCUT2D eigenvalue weighted by atomic mass is 10.0. The number of hydrogen-bond acceptors (Lipinski definition) is 4. The third-order valence-corrected chi connectivity index (χ3v) is 5.74. The van der Waals surface area contributed by atoms with Crippen molar-refractivity contribution in [2.45, 2.75) is 19.8 Å². The Kier molecular flexibility index (Phi) is 5.68. The normalized spacial score (nSPS) is 20.5.